The van der Waals surface area contributed by atoms with Crippen LogP contribution in [-0.2, 0) is 13.0 Å². The van der Waals surface area contributed by atoms with Crippen molar-refractivity contribution in [1.82, 2.24) is 10.1 Å². The van der Waals surface area contributed by atoms with E-state index in [1.165, 1.54) is 0 Å². The summed E-state index contributed by atoms with van der Waals surface area (Å²) in [7, 11) is 0. The number of benzene rings is 1. The second-order valence-electron chi connectivity index (χ2n) is 3.97. The average Bonchev–Trinajstić information content (AvgIpc) is 2.84. The summed E-state index contributed by atoms with van der Waals surface area (Å²) in [5.74, 6) is 0.397. The molecular formula is C12H11F3N2O3. The number of ether oxygens (including phenoxy) is 1. The summed E-state index contributed by atoms with van der Waals surface area (Å²) in [6.07, 6.45) is -8.01. The Morgan fingerprint density at radius 2 is 1.95 bits per heavy atom. The minimum absolute atomic E-state index is 0.0321. The molecule has 20 heavy (non-hydrogen) atoms. The van der Waals surface area contributed by atoms with E-state index in [-0.39, 0.29) is 18.3 Å². The number of para-hydroxylation sites is 1. The fourth-order valence-corrected chi connectivity index (χ4v) is 1.38. The van der Waals surface area contributed by atoms with Gasteiger partial charge in [-0.3, -0.25) is 0 Å². The first-order valence-corrected chi connectivity index (χ1v) is 5.69. The first-order chi connectivity index (χ1) is 9.45. The van der Waals surface area contributed by atoms with Gasteiger partial charge in [0, 0.05) is 0 Å². The lowest BCUT2D eigenvalue weighted by atomic mass is 10.2. The average molecular weight is 288 g/mol. The highest BCUT2D eigenvalue weighted by Gasteiger charge is 2.39. The Labute approximate surface area is 112 Å². The molecule has 0 spiro atoms. The number of alkyl halides is 3. The molecular weight excluding hydrogens is 277 g/mol. The lowest BCUT2D eigenvalue weighted by Gasteiger charge is -2.11. The standard InChI is InChI=1S/C12H11F3N2O3/c13-12(14,15)9(18)6-11-16-10(17-20-11)7-19-8-4-2-1-3-5-8/h1-5,9,18H,6-7H2. The summed E-state index contributed by atoms with van der Waals surface area (Å²) in [6.45, 7) is -0.0321. The van der Waals surface area contributed by atoms with Gasteiger partial charge in [-0.2, -0.15) is 18.2 Å². The van der Waals surface area contributed by atoms with Crippen molar-refractivity contribution < 1.29 is 27.5 Å². The first kappa shape index (κ1) is 14.3. The molecule has 0 amide bonds. The number of aromatic nitrogens is 2. The topological polar surface area (TPSA) is 68.4 Å². The van der Waals surface area contributed by atoms with Crippen LogP contribution in [0, 0.1) is 0 Å². The Balaban J connectivity index is 1.89. The van der Waals surface area contributed by atoms with Gasteiger partial charge in [-0.25, -0.2) is 0 Å². The fourth-order valence-electron chi connectivity index (χ4n) is 1.38. The van der Waals surface area contributed by atoms with E-state index in [4.69, 9.17) is 9.84 Å². The minimum Gasteiger partial charge on any atom is -0.485 e. The normalized spacial score (nSPS) is 13.2. The van der Waals surface area contributed by atoms with Crippen LogP contribution >= 0.6 is 0 Å². The molecule has 1 aromatic carbocycles. The predicted octanol–water partition coefficient (Wildman–Crippen LogP) is 2.11. The molecule has 0 saturated heterocycles. The van der Waals surface area contributed by atoms with Gasteiger partial charge in [0.25, 0.3) is 0 Å². The molecule has 0 fully saturated rings. The Morgan fingerprint density at radius 3 is 2.60 bits per heavy atom. The van der Waals surface area contributed by atoms with Crippen LogP contribution in [0.15, 0.2) is 34.9 Å². The van der Waals surface area contributed by atoms with Crippen molar-refractivity contribution in [2.75, 3.05) is 0 Å². The Kier molecular flexibility index (Phi) is 4.23. The van der Waals surface area contributed by atoms with Crippen LogP contribution in [0.1, 0.15) is 11.7 Å². The molecule has 2 aromatic rings. The van der Waals surface area contributed by atoms with Gasteiger partial charge < -0.3 is 14.4 Å². The van der Waals surface area contributed by atoms with Crippen molar-refractivity contribution in [3.8, 4) is 5.75 Å². The molecule has 0 radical (unpaired) electrons. The Bertz CT molecular complexity index is 542. The summed E-state index contributed by atoms with van der Waals surface area (Å²) in [5.41, 5.74) is 0. The van der Waals surface area contributed by atoms with E-state index < -0.39 is 18.7 Å². The zero-order valence-corrected chi connectivity index (χ0v) is 10.2. The first-order valence-electron chi connectivity index (χ1n) is 5.69. The molecule has 5 nitrogen and oxygen atoms in total. The summed E-state index contributed by atoms with van der Waals surface area (Å²) in [4.78, 5) is 3.72. The van der Waals surface area contributed by atoms with Crippen molar-refractivity contribution in [2.24, 2.45) is 0 Å². The van der Waals surface area contributed by atoms with Gasteiger partial charge in [0.2, 0.25) is 11.7 Å². The number of nitrogens with zero attached hydrogens (tertiary/aromatic N) is 2. The number of rotatable bonds is 5. The maximum atomic E-state index is 12.1. The molecule has 0 aliphatic carbocycles. The molecule has 1 atom stereocenters. The van der Waals surface area contributed by atoms with Crippen molar-refractivity contribution in [3.05, 3.63) is 42.0 Å². The molecule has 0 saturated carbocycles. The molecule has 1 unspecified atom stereocenters. The van der Waals surface area contributed by atoms with Crippen molar-refractivity contribution in [3.63, 3.8) is 0 Å². The molecule has 0 aliphatic rings. The highest BCUT2D eigenvalue weighted by Crippen LogP contribution is 2.22. The van der Waals surface area contributed by atoms with E-state index in [0.717, 1.165) is 0 Å². The van der Waals surface area contributed by atoms with Crippen LogP contribution in [0.25, 0.3) is 0 Å². The maximum Gasteiger partial charge on any atom is 0.414 e. The molecule has 108 valence electrons. The third-order valence-corrected chi connectivity index (χ3v) is 2.37. The molecule has 1 aromatic heterocycles. The summed E-state index contributed by atoms with van der Waals surface area (Å²) in [5, 5.41) is 12.3. The lowest BCUT2D eigenvalue weighted by Crippen LogP contribution is -2.30. The number of halogens is 3. The van der Waals surface area contributed by atoms with Gasteiger partial charge in [-0.15, -0.1) is 0 Å². The quantitative estimate of drug-likeness (QED) is 0.912. The van der Waals surface area contributed by atoms with E-state index >= 15 is 0 Å². The number of aliphatic hydroxyl groups is 1. The van der Waals surface area contributed by atoms with Gasteiger partial charge in [-0.05, 0) is 12.1 Å². The van der Waals surface area contributed by atoms with Gasteiger partial charge in [0.1, 0.15) is 5.75 Å². The summed E-state index contributed by atoms with van der Waals surface area (Å²) < 4.78 is 46.4. The largest absolute Gasteiger partial charge is 0.485 e. The molecule has 1 heterocycles. The van der Waals surface area contributed by atoms with Crippen molar-refractivity contribution in [2.45, 2.75) is 25.3 Å². The molecule has 0 bridgehead atoms. The lowest BCUT2D eigenvalue weighted by molar-refractivity contribution is -0.204. The van der Waals surface area contributed by atoms with Gasteiger partial charge in [0.05, 0.1) is 6.42 Å². The monoisotopic (exact) mass is 288 g/mol. The van der Waals surface area contributed by atoms with Crippen LogP contribution in [0.3, 0.4) is 0 Å². The highest BCUT2D eigenvalue weighted by atomic mass is 19.4. The number of hydrogen-bond donors (Lipinski definition) is 1. The number of hydrogen-bond acceptors (Lipinski definition) is 5. The van der Waals surface area contributed by atoms with Gasteiger partial charge in [0.15, 0.2) is 12.7 Å². The summed E-state index contributed by atoms with van der Waals surface area (Å²) >= 11 is 0. The Morgan fingerprint density at radius 1 is 1.25 bits per heavy atom. The van der Waals surface area contributed by atoms with E-state index in [1.807, 2.05) is 6.07 Å². The Hall–Kier alpha value is -2.09. The van der Waals surface area contributed by atoms with Gasteiger partial charge in [-0.1, -0.05) is 23.4 Å². The third-order valence-electron chi connectivity index (χ3n) is 2.37. The van der Waals surface area contributed by atoms with Crippen LogP contribution in [0.4, 0.5) is 13.2 Å². The van der Waals surface area contributed by atoms with E-state index in [9.17, 15) is 13.2 Å². The maximum absolute atomic E-state index is 12.1. The fraction of sp³-hybridized carbons (Fsp3) is 0.333. The second kappa shape index (κ2) is 5.91. The van der Waals surface area contributed by atoms with E-state index in [1.54, 1.807) is 24.3 Å². The predicted molar refractivity (Wildman–Crippen MR) is 60.8 cm³/mol. The third kappa shape index (κ3) is 3.95. The van der Waals surface area contributed by atoms with Crippen molar-refractivity contribution in [1.29, 1.82) is 0 Å². The smallest absolute Gasteiger partial charge is 0.414 e. The van der Waals surface area contributed by atoms with Crippen LogP contribution in [-0.4, -0.2) is 27.5 Å². The summed E-state index contributed by atoms with van der Waals surface area (Å²) in [6, 6.07) is 8.80. The van der Waals surface area contributed by atoms with Crippen LogP contribution in [0.2, 0.25) is 0 Å². The van der Waals surface area contributed by atoms with Crippen LogP contribution < -0.4 is 4.74 Å². The van der Waals surface area contributed by atoms with Crippen LogP contribution in [0.5, 0.6) is 5.75 Å². The molecule has 0 aliphatic heterocycles. The minimum atomic E-state index is -4.71. The molecule has 1 N–H and O–H groups in total. The zero-order valence-electron chi connectivity index (χ0n) is 10.2. The number of aliphatic hydroxyl groups excluding tert-OH is 1. The van der Waals surface area contributed by atoms with E-state index in [2.05, 4.69) is 14.7 Å². The van der Waals surface area contributed by atoms with Gasteiger partial charge >= 0.3 is 6.18 Å². The SMILES string of the molecule is OC(Cc1nc(COc2ccccc2)no1)C(F)(F)F. The molecule has 8 heteroatoms. The second-order valence-corrected chi connectivity index (χ2v) is 3.97. The zero-order chi connectivity index (χ0) is 14.6. The van der Waals surface area contributed by atoms with E-state index in [0.29, 0.717) is 5.75 Å². The highest BCUT2D eigenvalue weighted by molar-refractivity contribution is 5.20. The molecule has 2 rings (SSSR count). The van der Waals surface area contributed by atoms with Crippen molar-refractivity contribution >= 4 is 0 Å².